The van der Waals surface area contributed by atoms with Crippen LogP contribution in [-0.2, 0) is 35.0 Å². The molecule has 0 spiro atoms. The number of methoxy groups -OCH3 is 3. The van der Waals surface area contributed by atoms with Gasteiger partial charge >= 0.3 is 0 Å². The number of nitrogens with zero attached hydrogens (tertiary/aromatic N) is 1. The maximum absolute atomic E-state index is 14.4. The van der Waals surface area contributed by atoms with Gasteiger partial charge in [-0.3, -0.25) is 9.59 Å². The lowest BCUT2D eigenvalue weighted by Crippen LogP contribution is -2.54. The van der Waals surface area contributed by atoms with Gasteiger partial charge < -0.3 is 43.3 Å². The van der Waals surface area contributed by atoms with Crippen LogP contribution in [0.15, 0.2) is 0 Å². The molecular weight excluding hydrogens is 773 g/mol. The molecule has 1 aliphatic carbocycles. The molecule has 1 heterocycles. The quantitative estimate of drug-likeness (QED) is 0.0815. The summed E-state index contributed by atoms with van der Waals surface area (Å²) in [5.74, 6) is 2.71. The summed E-state index contributed by atoms with van der Waals surface area (Å²) in [5.41, 5.74) is 6.61. The minimum atomic E-state index is -1.11. The van der Waals surface area contributed by atoms with E-state index in [0.29, 0.717) is 55.6 Å². The topological polar surface area (TPSA) is 134 Å². The Morgan fingerprint density at radius 3 is 2.22 bits per heavy atom. The molecule has 13 atom stereocenters. The van der Waals surface area contributed by atoms with Crippen LogP contribution in [0.5, 0.6) is 11.5 Å². The van der Waals surface area contributed by atoms with Gasteiger partial charge in [-0.1, -0.05) is 73.1 Å². The van der Waals surface area contributed by atoms with E-state index < -0.39 is 12.4 Å². The van der Waals surface area contributed by atoms with Crippen molar-refractivity contribution in [1.82, 2.24) is 10.4 Å². The van der Waals surface area contributed by atoms with Gasteiger partial charge in [0.05, 0.1) is 44.6 Å². The molecule has 1 saturated carbocycles. The fourth-order valence-corrected chi connectivity index (χ4v) is 10.4. The van der Waals surface area contributed by atoms with Gasteiger partial charge in [0.2, 0.25) is 11.0 Å². The van der Waals surface area contributed by atoms with Crippen molar-refractivity contribution in [3.63, 3.8) is 0 Å². The highest BCUT2D eigenvalue weighted by Crippen LogP contribution is 2.45. The van der Waals surface area contributed by atoms with E-state index in [9.17, 15) is 14.7 Å². The van der Waals surface area contributed by atoms with Crippen LogP contribution in [0.3, 0.4) is 0 Å². The second-order valence-corrected chi connectivity index (χ2v) is 18.3. The van der Waals surface area contributed by atoms with E-state index >= 15 is 0 Å². The number of carbonyl (C=O) groups excluding carboxylic acids is 2. The minimum absolute atomic E-state index is 0.00612. The third kappa shape index (κ3) is 12.8. The number of thioether (sulfide) groups is 1. The zero-order valence-corrected chi connectivity index (χ0v) is 39.9. The summed E-state index contributed by atoms with van der Waals surface area (Å²) >= 11 is 1.38. The fraction of sp³-hybridized carbons (Fsp3) is 0.826. The fourth-order valence-electron chi connectivity index (χ4n) is 9.12. The van der Waals surface area contributed by atoms with E-state index in [1.54, 1.807) is 28.3 Å². The first kappa shape index (κ1) is 51.4. The molecule has 13 unspecified atom stereocenters. The third-order valence-electron chi connectivity index (χ3n) is 13.4. The summed E-state index contributed by atoms with van der Waals surface area (Å²) in [6.45, 7) is 25.9. The van der Waals surface area contributed by atoms with E-state index in [2.05, 4.69) is 53.9 Å². The first-order chi connectivity index (χ1) is 28.0. The first-order valence-corrected chi connectivity index (χ1v) is 23.2. The first-order valence-electron chi connectivity index (χ1n) is 22.3. The van der Waals surface area contributed by atoms with Gasteiger partial charge in [-0.05, 0) is 88.7 Å². The third-order valence-corrected chi connectivity index (χ3v) is 14.8. The molecule has 2 N–H and O–H groups in total. The van der Waals surface area contributed by atoms with Crippen molar-refractivity contribution in [3.05, 3.63) is 22.3 Å². The molecule has 1 saturated heterocycles. The number of aliphatic hydroxyl groups is 1. The lowest BCUT2D eigenvalue weighted by Gasteiger charge is -2.43. The van der Waals surface area contributed by atoms with Crippen LogP contribution in [0.1, 0.15) is 135 Å². The Kier molecular flexibility index (Phi) is 21.4. The summed E-state index contributed by atoms with van der Waals surface area (Å²) in [4.78, 5) is 34.7. The molecule has 12 nitrogen and oxygen atoms in total. The van der Waals surface area contributed by atoms with Gasteiger partial charge in [-0.15, -0.1) is 0 Å². The van der Waals surface area contributed by atoms with Crippen molar-refractivity contribution >= 4 is 22.8 Å². The van der Waals surface area contributed by atoms with Crippen molar-refractivity contribution in [2.45, 2.75) is 182 Å². The number of ether oxygens (including phenoxy) is 6. The van der Waals surface area contributed by atoms with Crippen LogP contribution in [-0.4, -0.2) is 116 Å². The Morgan fingerprint density at radius 2 is 1.66 bits per heavy atom. The molecule has 1 aromatic carbocycles. The number of hydrogen-bond donors (Lipinski definition) is 2. The molecule has 0 aromatic heterocycles. The van der Waals surface area contributed by atoms with Crippen LogP contribution in [0.2, 0.25) is 0 Å². The van der Waals surface area contributed by atoms with Crippen molar-refractivity contribution in [2.75, 3.05) is 41.1 Å². The standard InChI is InChI=1S/C46H80N2O10S/c1-16-20-36(48(19-4)33(12)49)39(52-13)25-55-38-24-35(32(11)57-45(38)50)47-56-22-21-40(26(5)17-2)59-46(51)41-29(8)30(9)43(44(54-15)34(41)18-3)58-37-23-27(6)28(7)42(53-14)31(37)10/h26-28,31-32,35-40,42,45,47,50H,16-25H2,1-15H3. The van der Waals surface area contributed by atoms with E-state index in [1.165, 1.54) is 11.8 Å². The number of amides is 1. The highest BCUT2D eigenvalue weighted by atomic mass is 32.2. The predicted octanol–water partition coefficient (Wildman–Crippen LogP) is 8.08. The van der Waals surface area contributed by atoms with Crippen LogP contribution < -0.4 is 15.0 Å². The number of hydroxylamine groups is 1. The van der Waals surface area contributed by atoms with E-state index in [-0.39, 0.29) is 71.2 Å². The number of nitrogens with one attached hydrogen (secondary N) is 1. The molecule has 13 heteroatoms. The second-order valence-electron chi connectivity index (χ2n) is 17.1. The normalized spacial score (nSPS) is 28.1. The van der Waals surface area contributed by atoms with Crippen molar-refractivity contribution < 1.29 is 48.0 Å². The average Bonchev–Trinajstić information content (AvgIpc) is 3.20. The van der Waals surface area contributed by atoms with Crippen LogP contribution >= 0.6 is 11.8 Å². The van der Waals surface area contributed by atoms with Crippen LogP contribution in [0.4, 0.5) is 0 Å². The van der Waals surface area contributed by atoms with Gasteiger partial charge in [0, 0.05) is 50.0 Å². The zero-order chi connectivity index (χ0) is 44.1. The maximum atomic E-state index is 14.4. The maximum Gasteiger partial charge on any atom is 0.220 e. The van der Waals surface area contributed by atoms with Gasteiger partial charge in [0.1, 0.15) is 18.3 Å². The lowest BCUT2D eigenvalue weighted by molar-refractivity contribution is -0.247. The average molecular weight is 853 g/mol. The van der Waals surface area contributed by atoms with Gasteiger partial charge in [0.15, 0.2) is 17.8 Å². The number of benzene rings is 1. The highest BCUT2D eigenvalue weighted by molar-refractivity contribution is 8.14. The number of rotatable bonds is 23. The van der Waals surface area contributed by atoms with E-state index in [1.807, 2.05) is 32.6 Å². The SMILES string of the molecule is CCCC(C(COC1CC(NOCCC(SC(=O)c2c(C)c(C)c(OC3CC(C)C(C)C(OC)C3C)c(OC)c2CC)C(C)CC)C(C)OC1O)OC)N(CC)C(C)=O. The Labute approximate surface area is 360 Å². The van der Waals surface area contributed by atoms with Crippen molar-refractivity contribution in [1.29, 1.82) is 0 Å². The molecular formula is C46H80N2O10S. The predicted molar refractivity (Wildman–Crippen MR) is 235 cm³/mol. The molecule has 0 bridgehead atoms. The van der Waals surface area contributed by atoms with Crippen molar-refractivity contribution in [2.24, 2.45) is 23.7 Å². The van der Waals surface area contributed by atoms with E-state index in [0.717, 1.165) is 48.1 Å². The molecule has 2 aliphatic rings. The summed E-state index contributed by atoms with van der Waals surface area (Å²) < 4.78 is 36.8. The van der Waals surface area contributed by atoms with Gasteiger partial charge in [-0.25, -0.2) is 0 Å². The number of carbonyl (C=O) groups is 2. The highest BCUT2D eigenvalue weighted by Gasteiger charge is 2.42. The van der Waals surface area contributed by atoms with Gasteiger partial charge in [0.25, 0.3) is 0 Å². The molecule has 59 heavy (non-hydrogen) atoms. The largest absolute Gasteiger partial charge is 0.493 e. The van der Waals surface area contributed by atoms with Crippen molar-refractivity contribution in [3.8, 4) is 11.5 Å². The van der Waals surface area contributed by atoms with Gasteiger partial charge in [-0.2, -0.15) is 5.48 Å². The van der Waals surface area contributed by atoms with Crippen LogP contribution in [0, 0.1) is 37.5 Å². The summed E-state index contributed by atoms with van der Waals surface area (Å²) in [6, 6.07) is -0.385. The van der Waals surface area contributed by atoms with Crippen LogP contribution in [0.25, 0.3) is 0 Å². The molecule has 1 aromatic rings. The Hall–Kier alpha value is -1.97. The molecule has 2 fully saturated rings. The number of aliphatic hydroxyl groups excluding tert-OH is 1. The van der Waals surface area contributed by atoms with E-state index in [4.69, 9.17) is 33.3 Å². The summed E-state index contributed by atoms with van der Waals surface area (Å²) in [5, 5.41) is 10.8. The Bertz CT molecular complexity index is 1470. The number of hydrogen-bond acceptors (Lipinski definition) is 12. The molecule has 0 radical (unpaired) electrons. The minimum Gasteiger partial charge on any atom is -0.493 e. The Balaban J connectivity index is 1.70. The molecule has 1 amide bonds. The molecule has 3 rings (SSSR count). The smallest absolute Gasteiger partial charge is 0.220 e. The monoisotopic (exact) mass is 853 g/mol. The Morgan fingerprint density at radius 1 is 0.966 bits per heavy atom. The summed E-state index contributed by atoms with van der Waals surface area (Å²) in [6.07, 6.45) is 2.88. The molecule has 340 valence electrons. The lowest BCUT2D eigenvalue weighted by atomic mass is 9.72. The summed E-state index contributed by atoms with van der Waals surface area (Å²) in [7, 11) is 5.08. The second kappa shape index (κ2) is 24.6. The molecule has 1 aliphatic heterocycles. The zero-order valence-electron chi connectivity index (χ0n) is 39.1. The number of likely N-dealkylation sites (N-methyl/N-ethyl adjacent to an activating group) is 1.